The lowest BCUT2D eigenvalue weighted by atomic mass is 10.0. The van der Waals surface area contributed by atoms with Crippen molar-refractivity contribution in [2.75, 3.05) is 4.90 Å². The molecule has 12 nitrogen and oxygen atoms in total. The number of halogens is 1. The molecule has 0 aliphatic heterocycles. The summed E-state index contributed by atoms with van der Waals surface area (Å²) in [5, 5.41) is 20.9. The number of rotatable bonds is 6. The second-order valence-corrected chi connectivity index (χ2v) is 10.8. The van der Waals surface area contributed by atoms with Crippen LogP contribution in [0.3, 0.4) is 0 Å². The number of pyridine rings is 1. The summed E-state index contributed by atoms with van der Waals surface area (Å²) < 4.78 is 17.1. The third-order valence-corrected chi connectivity index (χ3v) is 4.82. The number of amides is 2. The molecule has 0 aliphatic carbocycles. The van der Waals surface area contributed by atoms with Crippen LogP contribution in [0.25, 0.3) is 0 Å². The van der Waals surface area contributed by atoms with Crippen molar-refractivity contribution in [2.45, 2.75) is 65.8 Å². The Bertz CT molecular complexity index is 1190. The van der Waals surface area contributed by atoms with Gasteiger partial charge in [0.2, 0.25) is 0 Å². The smallest absolute Gasteiger partial charge is 0.425 e. The van der Waals surface area contributed by atoms with Crippen LogP contribution in [0.2, 0.25) is 0 Å². The van der Waals surface area contributed by atoms with Crippen molar-refractivity contribution in [3.63, 3.8) is 0 Å². The zero-order chi connectivity index (χ0) is 28.3. The third-order valence-electron chi connectivity index (χ3n) is 4.38. The fourth-order valence-electron chi connectivity index (χ4n) is 2.98. The maximum Gasteiger partial charge on any atom is 0.425 e. The largest absolute Gasteiger partial charge is 0.482 e. The average Bonchev–Trinajstić information content (AvgIpc) is 2.72. The Balaban J connectivity index is 2.62. The number of carboxylic acid groups (broad SMARTS) is 1. The van der Waals surface area contributed by atoms with E-state index >= 15 is 0 Å². The molecular weight excluding hydrogens is 554 g/mol. The summed E-state index contributed by atoms with van der Waals surface area (Å²) in [5.41, 5.74) is -2.51. The van der Waals surface area contributed by atoms with Gasteiger partial charge >= 0.3 is 18.2 Å². The summed E-state index contributed by atoms with van der Waals surface area (Å²) in [5.74, 6) is -1.74. The Morgan fingerprint density at radius 2 is 1.59 bits per heavy atom. The normalized spacial score (nSPS) is 12.3. The zero-order valence-electron chi connectivity index (χ0n) is 21.4. The molecule has 0 fully saturated rings. The summed E-state index contributed by atoms with van der Waals surface area (Å²) in [6.07, 6.45) is -1.95. The van der Waals surface area contributed by atoms with Crippen molar-refractivity contribution in [2.24, 2.45) is 0 Å². The highest BCUT2D eigenvalue weighted by Gasteiger charge is 2.36. The first-order valence-corrected chi connectivity index (χ1v) is 11.8. The number of imide groups is 1. The van der Waals surface area contributed by atoms with Gasteiger partial charge in [0.05, 0.1) is 10.5 Å². The lowest BCUT2D eigenvalue weighted by molar-refractivity contribution is -0.385. The van der Waals surface area contributed by atoms with E-state index in [1.807, 2.05) is 0 Å². The number of hydrogen-bond donors (Lipinski definition) is 1. The Morgan fingerprint density at radius 3 is 2.05 bits per heavy atom. The predicted molar refractivity (Wildman–Crippen MR) is 136 cm³/mol. The van der Waals surface area contributed by atoms with Gasteiger partial charge in [-0.3, -0.25) is 10.1 Å². The second-order valence-electron chi connectivity index (χ2n) is 9.87. The van der Waals surface area contributed by atoms with Gasteiger partial charge in [0.15, 0.2) is 11.6 Å². The first kappa shape index (κ1) is 29.5. The molecule has 13 heteroatoms. The number of benzene rings is 1. The highest BCUT2D eigenvalue weighted by Crippen LogP contribution is 2.36. The van der Waals surface area contributed by atoms with Crippen LogP contribution in [0.15, 0.2) is 34.9 Å². The minimum absolute atomic E-state index is 0.00582. The number of nitro benzene ring substituents is 1. The highest BCUT2D eigenvalue weighted by atomic mass is 79.9. The highest BCUT2D eigenvalue weighted by molar-refractivity contribution is 9.10. The molecule has 2 rings (SSSR count). The van der Waals surface area contributed by atoms with Crippen LogP contribution in [-0.2, 0) is 9.47 Å². The van der Waals surface area contributed by atoms with Gasteiger partial charge in [0.1, 0.15) is 17.3 Å². The number of nitrogens with zero attached hydrogens (tertiary/aromatic N) is 3. The molecule has 0 aliphatic rings. The molecule has 1 unspecified atom stereocenters. The van der Waals surface area contributed by atoms with Crippen LogP contribution in [0.5, 0.6) is 5.75 Å². The minimum atomic E-state index is -1.32. The predicted octanol–water partition coefficient (Wildman–Crippen LogP) is 6.27. The minimum Gasteiger partial charge on any atom is -0.482 e. The van der Waals surface area contributed by atoms with Crippen molar-refractivity contribution in [3.8, 4) is 5.75 Å². The number of nitro groups is 1. The van der Waals surface area contributed by atoms with E-state index in [1.165, 1.54) is 19.2 Å². The summed E-state index contributed by atoms with van der Waals surface area (Å²) in [7, 11) is 0. The molecule has 1 aromatic heterocycles. The van der Waals surface area contributed by atoms with Crippen molar-refractivity contribution in [3.05, 3.63) is 56.2 Å². The van der Waals surface area contributed by atoms with E-state index in [1.54, 1.807) is 41.5 Å². The molecule has 200 valence electrons. The van der Waals surface area contributed by atoms with Crippen LogP contribution >= 0.6 is 15.9 Å². The van der Waals surface area contributed by atoms with Gasteiger partial charge in [0.25, 0.3) is 5.69 Å². The number of aromatic carboxylic acids is 1. The summed E-state index contributed by atoms with van der Waals surface area (Å²) in [6, 6.07) is 4.65. The fourth-order valence-corrected chi connectivity index (χ4v) is 3.29. The number of carbonyl (C=O) groups is 3. The van der Waals surface area contributed by atoms with E-state index in [4.69, 9.17) is 14.2 Å². The van der Waals surface area contributed by atoms with E-state index in [0.29, 0.717) is 9.37 Å². The molecule has 1 aromatic carbocycles. The van der Waals surface area contributed by atoms with Crippen molar-refractivity contribution in [1.29, 1.82) is 0 Å². The van der Waals surface area contributed by atoms with Gasteiger partial charge < -0.3 is 19.3 Å². The van der Waals surface area contributed by atoms with Crippen molar-refractivity contribution < 1.29 is 38.6 Å². The maximum absolute atomic E-state index is 13.1. The number of carboxylic acids is 1. The van der Waals surface area contributed by atoms with Crippen LogP contribution in [0, 0.1) is 10.1 Å². The first-order chi connectivity index (χ1) is 16.9. The standard InChI is InChI=1S/C24H28BrN3O9/c1-13(17-11-15(28(33)34)8-9-16(17)20(29)30)35-18-10-14(25)12-26-19(18)27(21(31)36-23(2,3)4)22(32)37-24(5,6)7/h8-13H,1-7H3,(H,29,30). The van der Waals surface area contributed by atoms with Gasteiger partial charge in [-0.25, -0.2) is 19.4 Å². The summed E-state index contributed by atoms with van der Waals surface area (Å²) in [4.78, 5) is 53.3. The maximum atomic E-state index is 13.1. The molecule has 0 saturated carbocycles. The molecule has 37 heavy (non-hydrogen) atoms. The topological polar surface area (TPSA) is 158 Å². The number of carbonyl (C=O) groups excluding carboxylic acids is 2. The summed E-state index contributed by atoms with van der Waals surface area (Å²) >= 11 is 3.25. The third kappa shape index (κ3) is 8.13. The SMILES string of the molecule is CC(Oc1cc(Br)cnc1N(C(=O)OC(C)(C)C)C(=O)OC(C)(C)C)c1cc([N+](=O)[O-])ccc1C(=O)O. The molecule has 0 saturated heterocycles. The van der Waals surface area contributed by atoms with Crippen LogP contribution in [0.4, 0.5) is 21.1 Å². The van der Waals surface area contributed by atoms with Gasteiger partial charge in [-0.15, -0.1) is 0 Å². The Morgan fingerprint density at radius 1 is 1.05 bits per heavy atom. The van der Waals surface area contributed by atoms with E-state index < -0.39 is 40.4 Å². The zero-order valence-corrected chi connectivity index (χ0v) is 23.0. The molecule has 1 atom stereocenters. The van der Waals surface area contributed by atoms with E-state index in [-0.39, 0.29) is 28.4 Å². The second kappa shape index (κ2) is 11.1. The van der Waals surface area contributed by atoms with E-state index in [2.05, 4.69) is 20.9 Å². The molecule has 1 heterocycles. The van der Waals surface area contributed by atoms with Gasteiger partial charge in [0, 0.05) is 28.4 Å². The number of hydrogen-bond acceptors (Lipinski definition) is 9. The fraction of sp³-hybridized carbons (Fsp3) is 0.417. The number of anilines is 1. The quantitative estimate of drug-likeness (QED) is 0.304. The Labute approximate surface area is 221 Å². The van der Waals surface area contributed by atoms with Crippen LogP contribution in [0.1, 0.15) is 70.5 Å². The first-order valence-electron chi connectivity index (χ1n) is 11.0. The monoisotopic (exact) mass is 581 g/mol. The average molecular weight is 582 g/mol. The van der Waals surface area contributed by atoms with E-state index in [9.17, 15) is 29.6 Å². The molecule has 1 N–H and O–H groups in total. The Kier molecular flexibility index (Phi) is 8.86. The molecule has 2 amide bonds. The molecule has 0 radical (unpaired) electrons. The van der Waals surface area contributed by atoms with Gasteiger partial charge in [-0.2, -0.15) is 4.90 Å². The number of ether oxygens (including phenoxy) is 3. The molecule has 0 spiro atoms. The Hall–Kier alpha value is -3.74. The van der Waals surface area contributed by atoms with Gasteiger partial charge in [-0.05, 0) is 76.5 Å². The lowest BCUT2D eigenvalue weighted by Gasteiger charge is -2.29. The van der Waals surface area contributed by atoms with Crippen molar-refractivity contribution in [1.82, 2.24) is 4.98 Å². The molecule has 0 bridgehead atoms. The number of non-ortho nitro benzene ring substituents is 1. The van der Waals surface area contributed by atoms with Crippen molar-refractivity contribution >= 4 is 45.6 Å². The van der Waals surface area contributed by atoms with Crippen LogP contribution in [-0.4, -0.2) is 44.4 Å². The summed E-state index contributed by atoms with van der Waals surface area (Å²) in [6.45, 7) is 11.1. The van der Waals surface area contributed by atoms with Crippen LogP contribution < -0.4 is 9.64 Å². The molecular formula is C24H28BrN3O9. The van der Waals surface area contributed by atoms with Gasteiger partial charge in [-0.1, -0.05) is 0 Å². The molecule has 2 aromatic rings. The lowest BCUT2D eigenvalue weighted by Crippen LogP contribution is -2.44. The number of aromatic nitrogens is 1. The van der Waals surface area contributed by atoms with E-state index in [0.717, 1.165) is 18.2 Å².